The Hall–Kier alpha value is -2.02. The van der Waals surface area contributed by atoms with E-state index in [2.05, 4.69) is 5.32 Å². The van der Waals surface area contributed by atoms with Crippen molar-refractivity contribution in [3.05, 3.63) is 24.3 Å². The second-order valence-corrected chi connectivity index (χ2v) is 6.82. The van der Waals surface area contributed by atoms with Crippen LogP contribution in [0.15, 0.2) is 29.2 Å². The van der Waals surface area contributed by atoms with Gasteiger partial charge in [0.25, 0.3) is 0 Å². The second kappa shape index (κ2) is 7.70. The normalized spacial score (nSPS) is 14.2. The van der Waals surface area contributed by atoms with E-state index in [0.717, 1.165) is 10.6 Å². The first kappa shape index (κ1) is 18.3. The van der Waals surface area contributed by atoms with Gasteiger partial charge in [-0.1, -0.05) is 26.0 Å². The van der Waals surface area contributed by atoms with Crippen molar-refractivity contribution >= 4 is 35.2 Å². The van der Waals surface area contributed by atoms with Gasteiger partial charge >= 0.3 is 5.97 Å². The molecule has 6 nitrogen and oxygen atoms in total. The van der Waals surface area contributed by atoms with E-state index in [1.807, 2.05) is 24.3 Å². The van der Waals surface area contributed by atoms with Gasteiger partial charge in [-0.2, -0.15) is 0 Å². The van der Waals surface area contributed by atoms with Gasteiger partial charge in [-0.15, -0.1) is 11.8 Å². The highest BCUT2D eigenvalue weighted by Crippen LogP contribution is 2.34. The first-order valence-corrected chi connectivity index (χ1v) is 8.94. The molecule has 0 aliphatic carbocycles. The lowest BCUT2D eigenvalue weighted by molar-refractivity contribution is -0.149. The zero-order chi connectivity index (χ0) is 17.7. The predicted octanol–water partition coefficient (Wildman–Crippen LogP) is 2.13. The molecule has 1 aromatic rings. The topological polar surface area (TPSA) is 86.7 Å². The van der Waals surface area contributed by atoms with E-state index in [4.69, 9.17) is 0 Å². The lowest BCUT2D eigenvalue weighted by Gasteiger charge is -2.30. The summed E-state index contributed by atoms with van der Waals surface area (Å²) in [6.45, 7) is 3.56. The predicted molar refractivity (Wildman–Crippen MR) is 93.2 cm³/mol. The number of carboxylic acid groups (broad SMARTS) is 1. The SMILES string of the molecule is CCC(CC)(CNC(=O)CN1C(=O)CSc2ccccc21)C(=O)O. The van der Waals surface area contributed by atoms with E-state index in [0.29, 0.717) is 18.6 Å². The van der Waals surface area contributed by atoms with Crippen LogP contribution in [0.25, 0.3) is 0 Å². The average molecular weight is 350 g/mol. The van der Waals surface area contributed by atoms with Crippen molar-refractivity contribution < 1.29 is 19.5 Å². The number of carboxylic acids is 1. The quantitative estimate of drug-likeness (QED) is 0.787. The molecule has 7 heteroatoms. The first-order valence-electron chi connectivity index (χ1n) is 7.96. The number of aliphatic carboxylic acids is 1. The Balaban J connectivity index is 2.05. The minimum absolute atomic E-state index is 0.0621. The van der Waals surface area contributed by atoms with E-state index < -0.39 is 11.4 Å². The molecule has 2 N–H and O–H groups in total. The third-order valence-corrected chi connectivity index (χ3v) is 5.59. The van der Waals surface area contributed by atoms with Crippen molar-refractivity contribution in [1.82, 2.24) is 5.32 Å². The first-order chi connectivity index (χ1) is 11.4. The molecule has 0 aromatic heterocycles. The Morgan fingerprint density at radius 2 is 1.96 bits per heavy atom. The van der Waals surface area contributed by atoms with Gasteiger partial charge < -0.3 is 15.3 Å². The van der Waals surface area contributed by atoms with Crippen molar-refractivity contribution in [2.75, 3.05) is 23.7 Å². The van der Waals surface area contributed by atoms with Crippen LogP contribution < -0.4 is 10.2 Å². The molecule has 2 amide bonds. The van der Waals surface area contributed by atoms with Crippen LogP contribution >= 0.6 is 11.8 Å². The number of fused-ring (bicyclic) bond motifs is 1. The monoisotopic (exact) mass is 350 g/mol. The number of hydrogen-bond donors (Lipinski definition) is 2. The molecule has 0 saturated heterocycles. The van der Waals surface area contributed by atoms with Crippen LogP contribution in [-0.4, -0.2) is 41.7 Å². The number of hydrogen-bond acceptors (Lipinski definition) is 4. The molecule has 0 radical (unpaired) electrons. The van der Waals surface area contributed by atoms with E-state index in [1.165, 1.54) is 16.7 Å². The molecule has 130 valence electrons. The number of carbonyl (C=O) groups is 3. The maximum atomic E-state index is 12.3. The highest BCUT2D eigenvalue weighted by atomic mass is 32.2. The van der Waals surface area contributed by atoms with Gasteiger partial charge in [0.1, 0.15) is 6.54 Å². The molecule has 0 spiro atoms. The van der Waals surface area contributed by atoms with Gasteiger partial charge in [-0.05, 0) is 25.0 Å². The largest absolute Gasteiger partial charge is 0.481 e. The lowest BCUT2D eigenvalue weighted by Crippen LogP contribution is -2.47. The van der Waals surface area contributed by atoms with Crippen molar-refractivity contribution in [3.8, 4) is 0 Å². The molecule has 24 heavy (non-hydrogen) atoms. The summed E-state index contributed by atoms with van der Waals surface area (Å²) in [5.41, 5.74) is -0.237. The summed E-state index contributed by atoms with van der Waals surface area (Å²) >= 11 is 1.46. The number of thioether (sulfide) groups is 1. The summed E-state index contributed by atoms with van der Waals surface area (Å²) in [5, 5.41) is 12.1. The Labute approximate surface area is 145 Å². The fourth-order valence-electron chi connectivity index (χ4n) is 2.67. The number of para-hydroxylation sites is 1. The highest BCUT2D eigenvalue weighted by molar-refractivity contribution is 8.00. The minimum Gasteiger partial charge on any atom is -0.481 e. The summed E-state index contributed by atoms with van der Waals surface area (Å²) in [6, 6.07) is 7.45. The molecule has 1 heterocycles. The van der Waals surface area contributed by atoms with Gasteiger partial charge in [-0.3, -0.25) is 14.4 Å². The lowest BCUT2D eigenvalue weighted by atomic mass is 9.82. The molecule has 0 fully saturated rings. The Kier molecular flexibility index (Phi) is 5.88. The van der Waals surface area contributed by atoms with Crippen LogP contribution in [0.1, 0.15) is 26.7 Å². The summed E-state index contributed by atoms with van der Waals surface area (Å²) in [4.78, 5) is 38.3. The maximum Gasteiger partial charge on any atom is 0.311 e. The van der Waals surface area contributed by atoms with Crippen LogP contribution in [-0.2, 0) is 14.4 Å². The summed E-state index contributed by atoms with van der Waals surface area (Å²) in [7, 11) is 0. The Bertz CT molecular complexity index is 643. The number of anilines is 1. The molecular formula is C17H22N2O4S. The fourth-order valence-corrected chi connectivity index (χ4v) is 3.61. The molecule has 1 aliphatic rings. The van der Waals surface area contributed by atoms with E-state index in [1.54, 1.807) is 13.8 Å². The number of carbonyl (C=O) groups excluding carboxylic acids is 2. The van der Waals surface area contributed by atoms with Gasteiger partial charge in [0.2, 0.25) is 11.8 Å². The smallest absolute Gasteiger partial charge is 0.311 e. The standard InChI is InChI=1S/C17H22N2O4S/c1-3-17(4-2,16(22)23)11-18-14(20)9-19-12-7-5-6-8-13(12)24-10-15(19)21/h5-8H,3-4,9-11H2,1-2H3,(H,18,20)(H,22,23). The van der Waals surface area contributed by atoms with Gasteiger partial charge in [-0.25, -0.2) is 0 Å². The number of benzene rings is 1. The van der Waals surface area contributed by atoms with Crippen molar-refractivity contribution in [2.45, 2.75) is 31.6 Å². The van der Waals surface area contributed by atoms with E-state index >= 15 is 0 Å². The number of amides is 2. The van der Waals surface area contributed by atoms with Gasteiger partial charge in [0.05, 0.1) is 16.9 Å². The second-order valence-electron chi connectivity index (χ2n) is 5.81. The fraction of sp³-hybridized carbons (Fsp3) is 0.471. The Morgan fingerprint density at radius 1 is 1.29 bits per heavy atom. The Morgan fingerprint density at radius 3 is 2.58 bits per heavy atom. The van der Waals surface area contributed by atoms with Crippen LogP contribution in [0.3, 0.4) is 0 Å². The molecule has 1 aliphatic heterocycles. The third kappa shape index (κ3) is 3.72. The maximum absolute atomic E-state index is 12.3. The van der Waals surface area contributed by atoms with Crippen LogP contribution in [0.2, 0.25) is 0 Å². The van der Waals surface area contributed by atoms with Crippen molar-refractivity contribution in [1.29, 1.82) is 0 Å². The average Bonchev–Trinajstić information content (AvgIpc) is 2.58. The molecule has 0 bridgehead atoms. The van der Waals surface area contributed by atoms with Crippen molar-refractivity contribution in [3.63, 3.8) is 0 Å². The molecule has 0 atom stereocenters. The van der Waals surface area contributed by atoms with Crippen LogP contribution in [0.4, 0.5) is 5.69 Å². The number of rotatable bonds is 7. The highest BCUT2D eigenvalue weighted by Gasteiger charge is 2.35. The van der Waals surface area contributed by atoms with Gasteiger partial charge in [0, 0.05) is 11.4 Å². The number of nitrogens with zero attached hydrogens (tertiary/aromatic N) is 1. The number of nitrogens with one attached hydrogen (secondary N) is 1. The molecule has 0 saturated carbocycles. The summed E-state index contributed by atoms with van der Waals surface area (Å²) in [6.07, 6.45) is 0.864. The zero-order valence-electron chi connectivity index (χ0n) is 13.9. The molecule has 1 aromatic carbocycles. The van der Waals surface area contributed by atoms with Crippen LogP contribution in [0.5, 0.6) is 0 Å². The summed E-state index contributed by atoms with van der Waals surface area (Å²) < 4.78 is 0. The molecular weight excluding hydrogens is 328 g/mol. The third-order valence-electron chi connectivity index (χ3n) is 4.54. The molecule has 2 rings (SSSR count). The van der Waals surface area contributed by atoms with Crippen molar-refractivity contribution in [2.24, 2.45) is 5.41 Å². The van der Waals surface area contributed by atoms with E-state index in [9.17, 15) is 19.5 Å². The minimum atomic E-state index is -0.963. The van der Waals surface area contributed by atoms with Gasteiger partial charge in [0.15, 0.2) is 0 Å². The van der Waals surface area contributed by atoms with Crippen LogP contribution in [0, 0.1) is 5.41 Å². The molecule has 0 unspecified atom stereocenters. The summed E-state index contributed by atoms with van der Waals surface area (Å²) in [5.74, 6) is -1.08. The zero-order valence-corrected chi connectivity index (χ0v) is 14.7. The van der Waals surface area contributed by atoms with E-state index in [-0.39, 0.29) is 24.9 Å².